The molecule has 1 aliphatic rings. The average Bonchev–Trinajstić information content (AvgIpc) is 3.42. The zero-order chi connectivity index (χ0) is 55.4. The molecule has 0 aromatic heterocycles. The fraction of sp³-hybridized carbons (Fsp3) is 0.723. The van der Waals surface area contributed by atoms with Gasteiger partial charge in [-0.2, -0.15) is 0 Å². The largest absolute Gasteiger partial charge is 0.454 e. The van der Waals surface area contributed by atoms with Crippen LogP contribution < -0.4 is 5.32 Å². The SMILES string of the molecule is CCCCC/C=C\C/C=C\C/C=C\C/C=C\CCC(O)C(=O)NC(COC1OC(CO)C(O)C(O)C1OC(=O)CCCCCCCC/C=C\C/C=C\C/C=C\CCCCC)C(O)/C=C/CCCCCCCCCCCC. The van der Waals surface area contributed by atoms with Crippen molar-refractivity contribution in [3.05, 3.63) is 97.2 Å². The van der Waals surface area contributed by atoms with Gasteiger partial charge in [0.15, 0.2) is 12.4 Å². The smallest absolute Gasteiger partial charge is 0.306 e. The van der Waals surface area contributed by atoms with Crippen molar-refractivity contribution in [3.8, 4) is 0 Å². The molecular formula is C65H111NO10. The molecule has 1 saturated heterocycles. The number of unbranched alkanes of at least 4 members (excludes halogenated alkanes) is 22. The third-order valence-corrected chi connectivity index (χ3v) is 13.7. The summed E-state index contributed by atoms with van der Waals surface area (Å²) in [6.45, 7) is 5.68. The van der Waals surface area contributed by atoms with Gasteiger partial charge in [-0.15, -0.1) is 0 Å². The molecule has 0 aliphatic carbocycles. The van der Waals surface area contributed by atoms with Crippen molar-refractivity contribution in [2.45, 2.75) is 288 Å². The Morgan fingerprint density at radius 2 is 0.908 bits per heavy atom. The summed E-state index contributed by atoms with van der Waals surface area (Å²) in [4.78, 5) is 26.5. The van der Waals surface area contributed by atoms with Crippen molar-refractivity contribution in [2.24, 2.45) is 0 Å². The van der Waals surface area contributed by atoms with E-state index in [0.29, 0.717) is 12.8 Å². The predicted octanol–water partition coefficient (Wildman–Crippen LogP) is 14.3. The molecule has 0 saturated carbocycles. The molecule has 1 heterocycles. The molecule has 8 unspecified atom stereocenters. The fourth-order valence-corrected chi connectivity index (χ4v) is 8.82. The van der Waals surface area contributed by atoms with Gasteiger partial charge in [-0.1, -0.05) is 227 Å². The van der Waals surface area contributed by atoms with Crippen molar-refractivity contribution in [1.29, 1.82) is 0 Å². The van der Waals surface area contributed by atoms with Crippen LogP contribution in [0, 0.1) is 0 Å². The highest BCUT2D eigenvalue weighted by atomic mass is 16.7. The number of aliphatic hydroxyl groups is 5. The maximum atomic E-state index is 13.4. The lowest BCUT2D eigenvalue weighted by molar-refractivity contribution is -0.305. The first-order chi connectivity index (χ1) is 37.2. The molecule has 76 heavy (non-hydrogen) atoms. The van der Waals surface area contributed by atoms with Gasteiger partial charge >= 0.3 is 5.97 Å². The normalized spacial score (nSPS) is 19.8. The number of carbonyl (C=O) groups excluding carboxylic acids is 2. The Balaban J connectivity index is 2.75. The number of carbonyl (C=O) groups is 2. The van der Waals surface area contributed by atoms with Crippen LogP contribution in [0.4, 0.5) is 0 Å². The molecular weight excluding hydrogens is 955 g/mol. The van der Waals surface area contributed by atoms with Crippen LogP contribution in [-0.2, 0) is 23.8 Å². The summed E-state index contributed by atoms with van der Waals surface area (Å²) in [5, 5.41) is 56.8. The van der Waals surface area contributed by atoms with Crippen LogP contribution in [0.15, 0.2) is 97.2 Å². The van der Waals surface area contributed by atoms with E-state index in [1.54, 1.807) is 6.08 Å². The Bertz CT molecular complexity index is 1600. The van der Waals surface area contributed by atoms with Gasteiger partial charge in [0.25, 0.3) is 0 Å². The first kappa shape index (κ1) is 70.6. The van der Waals surface area contributed by atoms with E-state index in [9.17, 15) is 35.1 Å². The number of ether oxygens (including phenoxy) is 3. The van der Waals surface area contributed by atoms with Gasteiger partial charge in [-0.05, 0) is 103 Å². The van der Waals surface area contributed by atoms with Gasteiger partial charge < -0.3 is 45.1 Å². The molecule has 0 spiro atoms. The summed E-state index contributed by atoms with van der Waals surface area (Å²) in [6.07, 6.45) is 58.8. The van der Waals surface area contributed by atoms with Gasteiger partial charge in [0.05, 0.1) is 25.4 Å². The van der Waals surface area contributed by atoms with Crippen LogP contribution in [0.5, 0.6) is 0 Å². The minimum atomic E-state index is -1.63. The average molecular weight is 1070 g/mol. The standard InChI is InChI=1S/C65H111NO10/c1-4-7-10-13-16-19-22-25-27-29-30-31-33-35-38-41-44-47-50-53-60(70)76-63-62(72)61(71)59(54-67)75-65(63)74-55-56(57(68)51-48-45-42-39-36-24-21-18-15-12-9-6-3)66-64(73)58(69)52-49-46-43-40-37-34-32-28-26-23-20-17-14-11-8-5-2/h16-17,19-20,25-28,30-31,34,37,43,46,48,51,56-59,61-63,65,67-69,71-72H,4-15,18,21-24,29,32-33,35-36,38-42,44-45,47,49-50,52-55H2,1-3H3,(H,66,73)/b19-16-,20-17-,27-25-,28-26-,31-30-,37-34-,46-43-,51-48+. The second kappa shape index (κ2) is 52.3. The van der Waals surface area contributed by atoms with E-state index in [-0.39, 0.29) is 19.4 Å². The molecule has 8 atom stereocenters. The summed E-state index contributed by atoms with van der Waals surface area (Å²) >= 11 is 0. The molecule has 1 rings (SSSR count). The quantitative estimate of drug-likeness (QED) is 0.0195. The molecule has 0 aromatic rings. The fourth-order valence-electron chi connectivity index (χ4n) is 8.82. The van der Waals surface area contributed by atoms with E-state index < -0.39 is 67.4 Å². The topological polar surface area (TPSA) is 175 Å². The highest BCUT2D eigenvalue weighted by Crippen LogP contribution is 2.26. The zero-order valence-corrected chi connectivity index (χ0v) is 48.1. The maximum absolute atomic E-state index is 13.4. The Kier molecular flexibility index (Phi) is 48.6. The highest BCUT2D eigenvalue weighted by molar-refractivity contribution is 5.80. The summed E-state index contributed by atoms with van der Waals surface area (Å²) < 4.78 is 17.6. The van der Waals surface area contributed by atoms with Gasteiger partial charge in [0, 0.05) is 6.42 Å². The summed E-state index contributed by atoms with van der Waals surface area (Å²) in [6, 6.07) is -1.06. The molecule has 436 valence electrons. The summed E-state index contributed by atoms with van der Waals surface area (Å²) in [5.41, 5.74) is 0. The van der Waals surface area contributed by atoms with E-state index >= 15 is 0 Å². The molecule has 0 aromatic carbocycles. The van der Waals surface area contributed by atoms with Gasteiger partial charge in [-0.3, -0.25) is 9.59 Å². The lowest BCUT2D eigenvalue weighted by Gasteiger charge is -2.41. The zero-order valence-electron chi connectivity index (χ0n) is 48.1. The predicted molar refractivity (Wildman–Crippen MR) is 315 cm³/mol. The number of amides is 1. The van der Waals surface area contributed by atoms with E-state index in [1.807, 2.05) is 18.2 Å². The molecule has 0 bridgehead atoms. The van der Waals surface area contributed by atoms with Crippen LogP contribution >= 0.6 is 0 Å². The molecule has 0 radical (unpaired) electrons. The summed E-state index contributed by atoms with van der Waals surface area (Å²) in [7, 11) is 0. The number of hydrogen-bond acceptors (Lipinski definition) is 10. The molecule has 11 nitrogen and oxygen atoms in total. The number of aliphatic hydroxyl groups excluding tert-OH is 5. The number of esters is 1. The highest BCUT2D eigenvalue weighted by Gasteiger charge is 2.47. The number of rotatable bonds is 50. The van der Waals surface area contributed by atoms with E-state index in [1.165, 1.54) is 89.9 Å². The number of hydrogen-bond donors (Lipinski definition) is 6. The van der Waals surface area contributed by atoms with Crippen LogP contribution in [0.1, 0.15) is 239 Å². The first-order valence-corrected chi connectivity index (χ1v) is 30.5. The van der Waals surface area contributed by atoms with Crippen LogP contribution in [-0.4, -0.2) is 99.6 Å². The first-order valence-electron chi connectivity index (χ1n) is 30.5. The maximum Gasteiger partial charge on any atom is 0.306 e. The van der Waals surface area contributed by atoms with E-state index in [4.69, 9.17) is 14.2 Å². The Morgan fingerprint density at radius 3 is 1.38 bits per heavy atom. The second-order valence-corrected chi connectivity index (χ2v) is 20.7. The van der Waals surface area contributed by atoms with Gasteiger partial charge in [-0.25, -0.2) is 0 Å². The lowest BCUT2D eigenvalue weighted by atomic mass is 9.99. The van der Waals surface area contributed by atoms with Gasteiger partial charge in [0.2, 0.25) is 5.91 Å². The Morgan fingerprint density at radius 1 is 0.513 bits per heavy atom. The minimum absolute atomic E-state index is 0.0978. The third-order valence-electron chi connectivity index (χ3n) is 13.7. The van der Waals surface area contributed by atoms with Crippen molar-refractivity contribution in [1.82, 2.24) is 5.32 Å². The van der Waals surface area contributed by atoms with E-state index in [2.05, 4.69) is 99.0 Å². The number of allylic oxidation sites excluding steroid dienone is 15. The van der Waals surface area contributed by atoms with Crippen LogP contribution in [0.2, 0.25) is 0 Å². The minimum Gasteiger partial charge on any atom is -0.454 e. The number of nitrogens with one attached hydrogen (secondary N) is 1. The second-order valence-electron chi connectivity index (χ2n) is 20.7. The molecule has 1 aliphatic heterocycles. The van der Waals surface area contributed by atoms with Crippen molar-refractivity contribution in [2.75, 3.05) is 13.2 Å². The third kappa shape index (κ3) is 39.9. The van der Waals surface area contributed by atoms with Gasteiger partial charge in [0.1, 0.15) is 24.4 Å². The molecule has 1 fully saturated rings. The van der Waals surface area contributed by atoms with Crippen molar-refractivity contribution in [3.63, 3.8) is 0 Å². The Hall–Kier alpha value is -3.42. The molecule has 6 N–H and O–H groups in total. The monoisotopic (exact) mass is 1070 g/mol. The summed E-state index contributed by atoms with van der Waals surface area (Å²) in [5.74, 6) is -1.27. The van der Waals surface area contributed by atoms with E-state index in [0.717, 1.165) is 103 Å². The van der Waals surface area contributed by atoms with Crippen molar-refractivity contribution < 1.29 is 49.3 Å². The van der Waals surface area contributed by atoms with Crippen molar-refractivity contribution >= 4 is 11.9 Å². The molecule has 11 heteroatoms. The van der Waals surface area contributed by atoms with Crippen LogP contribution in [0.25, 0.3) is 0 Å². The Labute approximate surface area is 463 Å². The molecule has 1 amide bonds. The lowest BCUT2D eigenvalue weighted by Crippen LogP contribution is -2.61. The van der Waals surface area contributed by atoms with Crippen LogP contribution in [0.3, 0.4) is 0 Å².